The first-order chi connectivity index (χ1) is 17.8. The molecule has 0 atom stereocenters. The van der Waals surface area contributed by atoms with E-state index in [1.165, 1.54) is 40.7 Å². The number of halogens is 6. The van der Waals surface area contributed by atoms with Gasteiger partial charge in [0.2, 0.25) is 0 Å². The zero-order valence-corrected chi connectivity index (χ0v) is 31.2. The van der Waals surface area contributed by atoms with E-state index in [1.54, 1.807) is 5.57 Å². The smallest absolute Gasteiger partial charge is 0.103 e. The van der Waals surface area contributed by atoms with Crippen molar-refractivity contribution in [2.45, 2.75) is 66.2 Å². The molecule has 4 rings (SSSR count). The van der Waals surface area contributed by atoms with Gasteiger partial charge in [-0.1, -0.05) is 96.7 Å². The van der Waals surface area contributed by atoms with Gasteiger partial charge in [-0.3, -0.25) is 0 Å². The molecule has 8 heteroatoms. The van der Waals surface area contributed by atoms with Gasteiger partial charge in [0.15, 0.2) is 0 Å². The van der Waals surface area contributed by atoms with Gasteiger partial charge >= 0.3 is 0 Å². The summed E-state index contributed by atoms with van der Waals surface area (Å²) >= 11 is 25.0. The highest BCUT2D eigenvalue weighted by atomic mass is 80.0. The summed E-state index contributed by atoms with van der Waals surface area (Å²) < 4.78 is -0.183. The van der Waals surface area contributed by atoms with E-state index in [-0.39, 0.29) is 10.6 Å². The summed E-state index contributed by atoms with van der Waals surface area (Å²) in [5, 5.41) is 12.0. The van der Waals surface area contributed by atoms with Gasteiger partial charge in [0.1, 0.15) is 4.03 Å². The molecule has 1 N–H and O–H groups in total. The monoisotopic (exact) mass is 830 g/mol. The number of aliphatic hydroxyl groups is 1. The number of alkyl halides is 1. The molecule has 2 aromatic rings. The zero-order valence-electron chi connectivity index (χ0n) is 22.4. The topological polar surface area (TPSA) is 20.2 Å². The SMILES string of the molecule is BrP(Br)Br.CC1(C)CCC(CBr)=C(c2ccc(Cl)cc2)C1.CC1(C)CCC(CO)=C(c2ccc(Cl)cc2)C1. The minimum atomic E-state index is -0.183. The lowest BCUT2D eigenvalue weighted by atomic mass is 9.73. The lowest BCUT2D eigenvalue weighted by molar-refractivity contribution is 0.291. The zero-order chi connectivity index (χ0) is 28.5. The van der Waals surface area contributed by atoms with Crippen LogP contribution < -0.4 is 0 Å². The minimum Gasteiger partial charge on any atom is -0.392 e. The minimum absolute atomic E-state index is 0.175. The average Bonchev–Trinajstić information content (AvgIpc) is 2.84. The van der Waals surface area contributed by atoms with Crippen molar-refractivity contribution in [2.24, 2.45) is 10.8 Å². The van der Waals surface area contributed by atoms with Crippen molar-refractivity contribution in [1.82, 2.24) is 0 Å². The number of rotatable bonds is 4. The number of hydrogen-bond donors (Lipinski definition) is 1. The predicted molar refractivity (Wildman–Crippen MR) is 187 cm³/mol. The maximum Gasteiger partial charge on any atom is 0.103 e. The summed E-state index contributed by atoms with van der Waals surface area (Å²) in [5.74, 6) is 0. The Morgan fingerprint density at radius 3 is 1.39 bits per heavy atom. The van der Waals surface area contributed by atoms with E-state index in [0.29, 0.717) is 10.8 Å². The van der Waals surface area contributed by atoms with Crippen LogP contribution in [-0.4, -0.2) is 17.0 Å². The first-order valence-corrected chi connectivity index (χ1v) is 21.9. The highest BCUT2D eigenvalue weighted by Crippen LogP contribution is 2.59. The molecule has 0 bridgehead atoms. The van der Waals surface area contributed by atoms with Crippen LogP contribution in [0.4, 0.5) is 0 Å². The van der Waals surface area contributed by atoms with Crippen LogP contribution in [0.2, 0.25) is 10.0 Å². The first kappa shape index (κ1) is 35.0. The maximum absolute atomic E-state index is 9.46. The quantitative estimate of drug-likeness (QED) is 0.240. The summed E-state index contributed by atoms with van der Waals surface area (Å²) in [4.78, 5) is 0. The lowest BCUT2D eigenvalue weighted by Gasteiger charge is -2.33. The summed E-state index contributed by atoms with van der Waals surface area (Å²) in [5.41, 5.74) is 8.82. The molecule has 0 aromatic heterocycles. The highest BCUT2D eigenvalue weighted by Gasteiger charge is 2.28. The fourth-order valence-electron chi connectivity index (χ4n) is 4.90. The van der Waals surface area contributed by atoms with Gasteiger partial charge in [0.05, 0.1) is 6.61 Å². The van der Waals surface area contributed by atoms with Crippen LogP contribution in [0, 0.1) is 10.8 Å². The molecule has 0 spiro atoms. The Labute approximate surface area is 273 Å². The first-order valence-electron chi connectivity index (χ1n) is 12.6. The summed E-state index contributed by atoms with van der Waals surface area (Å²) in [6.45, 7) is 9.46. The van der Waals surface area contributed by atoms with Crippen molar-refractivity contribution >= 4 is 101 Å². The normalized spacial score (nSPS) is 18.4. The Kier molecular flexibility index (Phi) is 15.2. The number of allylic oxidation sites excluding steroid dienone is 3. The average molecular weight is 835 g/mol. The van der Waals surface area contributed by atoms with Crippen LogP contribution in [0.1, 0.15) is 77.3 Å². The molecular formula is C30H37Br4Cl2OP. The van der Waals surface area contributed by atoms with Crippen molar-refractivity contribution in [2.75, 3.05) is 11.9 Å². The van der Waals surface area contributed by atoms with E-state index in [9.17, 15) is 5.11 Å². The molecular weight excluding hydrogens is 798 g/mol. The van der Waals surface area contributed by atoms with Crippen molar-refractivity contribution in [1.29, 1.82) is 0 Å². The predicted octanol–water partition coefficient (Wildman–Crippen LogP) is 13.4. The van der Waals surface area contributed by atoms with E-state index in [2.05, 4.69) is 114 Å². The van der Waals surface area contributed by atoms with Crippen LogP contribution in [0.15, 0.2) is 59.7 Å². The molecule has 0 amide bonds. The van der Waals surface area contributed by atoms with Gasteiger partial charge in [-0.2, -0.15) is 0 Å². The Morgan fingerprint density at radius 1 is 0.711 bits per heavy atom. The van der Waals surface area contributed by atoms with E-state index in [0.717, 1.165) is 41.1 Å². The molecule has 2 aliphatic carbocycles. The van der Waals surface area contributed by atoms with E-state index in [1.807, 2.05) is 24.3 Å². The van der Waals surface area contributed by atoms with E-state index < -0.39 is 0 Å². The maximum atomic E-state index is 9.46. The van der Waals surface area contributed by atoms with Gasteiger partial charge in [-0.05, 0) is 148 Å². The van der Waals surface area contributed by atoms with Crippen LogP contribution in [0.3, 0.4) is 0 Å². The van der Waals surface area contributed by atoms with E-state index >= 15 is 0 Å². The van der Waals surface area contributed by atoms with Gasteiger partial charge in [-0.15, -0.1) is 0 Å². The molecule has 0 radical (unpaired) electrons. The molecule has 0 saturated carbocycles. The van der Waals surface area contributed by atoms with Gasteiger partial charge in [0.25, 0.3) is 0 Å². The molecule has 1 nitrogen and oxygen atoms in total. The van der Waals surface area contributed by atoms with Crippen LogP contribution >= 0.6 is 89.6 Å². The fraction of sp³-hybridized carbons (Fsp3) is 0.467. The standard InChI is InChI=1S/C15H18BrCl.C15H19ClO.Br3P/c1-15(2)8-7-12(10-16)14(9-15)11-3-5-13(17)6-4-11;1-15(2)8-7-12(10-17)14(9-15)11-3-5-13(16)6-4-11;1-4(2)3/h3-6H,7-10H2,1-2H3;3-6,17H,7-10H2,1-2H3;. The number of benzene rings is 2. The lowest BCUT2D eigenvalue weighted by Crippen LogP contribution is -2.19. The van der Waals surface area contributed by atoms with Crippen LogP contribution in [0.25, 0.3) is 11.1 Å². The third-order valence-corrected chi connectivity index (χ3v) is 8.29. The second kappa shape index (κ2) is 16.4. The number of aliphatic hydroxyl groups excluding tert-OH is 1. The molecule has 0 unspecified atom stereocenters. The molecule has 38 heavy (non-hydrogen) atoms. The van der Waals surface area contributed by atoms with Crippen molar-refractivity contribution in [3.8, 4) is 0 Å². The molecule has 0 fully saturated rings. The Bertz CT molecular complexity index is 1010. The van der Waals surface area contributed by atoms with Crippen LogP contribution in [0.5, 0.6) is 0 Å². The Morgan fingerprint density at radius 2 is 1.05 bits per heavy atom. The molecule has 2 aliphatic rings. The largest absolute Gasteiger partial charge is 0.392 e. The molecule has 0 heterocycles. The molecule has 0 saturated heterocycles. The number of hydrogen-bond acceptors (Lipinski definition) is 1. The van der Waals surface area contributed by atoms with Gasteiger partial charge < -0.3 is 5.11 Å². The molecule has 2 aromatic carbocycles. The highest BCUT2D eigenvalue weighted by molar-refractivity contribution is 9.93. The third kappa shape index (κ3) is 12.0. The second-order valence-corrected chi connectivity index (χ2v) is 28.1. The second-order valence-electron chi connectivity index (χ2n) is 11.3. The van der Waals surface area contributed by atoms with Crippen molar-refractivity contribution in [3.63, 3.8) is 0 Å². The Hall–Kier alpha value is 0.810. The van der Waals surface area contributed by atoms with Gasteiger partial charge in [-0.25, -0.2) is 0 Å². The molecule has 210 valence electrons. The summed E-state index contributed by atoms with van der Waals surface area (Å²) in [6.07, 6.45) is 6.84. The van der Waals surface area contributed by atoms with Gasteiger partial charge in [0, 0.05) is 15.4 Å². The summed E-state index contributed by atoms with van der Waals surface area (Å²) in [6, 6.07) is 16.2. The van der Waals surface area contributed by atoms with Crippen molar-refractivity contribution in [3.05, 3.63) is 80.8 Å². The van der Waals surface area contributed by atoms with E-state index in [4.69, 9.17) is 23.2 Å². The third-order valence-electron chi connectivity index (χ3n) is 7.11. The fourth-order valence-corrected chi connectivity index (χ4v) is 5.77. The van der Waals surface area contributed by atoms with Crippen LogP contribution in [-0.2, 0) is 0 Å². The van der Waals surface area contributed by atoms with Crippen molar-refractivity contribution < 1.29 is 5.11 Å². The Balaban J connectivity index is 0.000000234. The summed E-state index contributed by atoms with van der Waals surface area (Å²) in [7, 11) is 0. The molecule has 0 aliphatic heterocycles.